The predicted octanol–water partition coefficient (Wildman–Crippen LogP) is 3.71. The van der Waals surface area contributed by atoms with Gasteiger partial charge in [-0.2, -0.15) is 4.98 Å². The second-order valence-corrected chi connectivity index (χ2v) is 9.66. The standard InChI is InChI=1S/C24H30N6O2/c1-17(2)13-30-16-25-27-23(30)19-14-29(15-24(19)11-6-12-24)21(31)10-9-20-26-22(28-32-20)18-7-4-3-5-8-18/h3-5,7-8,16-17,19H,6,9-15H2,1-2H3. The lowest BCUT2D eigenvalue weighted by Gasteiger charge is -2.42. The summed E-state index contributed by atoms with van der Waals surface area (Å²) in [6.07, 6.45) is 6.20. The molecule has 1 saturated heterocycles. The van der Waals surface area contributed by atoms with Gasteiger partial charge in [-0.25, -0.2) is 0 Å². The van der Waals surface area contributed by atoms with E-state index < -0.39 is 0 Å². The molecule has 1 amide bonds. The minimum atomic E-state index is 0.146. The highest BCUT2D eigenvalue weighted by atomic mass is 16.5. The molecule has 8 heteroatoms. The highest BCUT2D eigenvalue weighted by Gasteiger charge is 2.53. The molecule has 5 rings (SSSR count). The van der Waals surface area contributed by atoms with Crippen molar-refractivity contribution in [1.82, 2.24) is 29.8 Å². The number of benzene rings is 1. The van der Waals surface area contributed by atoms with Crippen molar-refractivity contribution in [3.63, 3.8) is 0 Å². The lowest BCUT2D eigenvalue weighted by atomic mass is 9.62. The number of carbonyl (C=O) groups excluding carboxylic acids is 1. The average Bonchev–Trinajstić information content (AvgIpc) is 3.49. The maximum Gasteiger partial charge on any atom is 0.227 e. The Morgan fingerprint density at radius 2 is 2.06 bits per heavy atom. The van der Waals surface area contributed by atoms with E-state index in [9.17, 15) is 4.79 Å². The van der Waals surface area contributed by atoms with Gasteiger partial charge in [-0.1, -0.05) is 55.8 Å². The Labute approximate surface area is 188 Å². The van der Waals surface area contributed by atoms with Gasteiger partial charge >= 0.3 is 0 Å². The van der Waals surface area contributed by atoms with E-state index >= 15 is 0 Å². The molecular formula is C24H30N6O2. The highest BCUT2D eigenvalue weighted by Crippen LogP contribution is 2.55. The summed E-state index contributed by atoms with van der Waals surface area (Å²) < 4.78 is 7.57. The van der Waals surface area contributed by atoms with Gasteiger partial charge in [-0.15, -0.1) is 10.2 Å². The molecule has 0 N–H and O–H groups in total. The number of nitrogens with zero attached hydrogens (tertiary/aromatic N) is 6. The first kappa shape index (κ1) is 20.8. The summed E-state index contributed by atoms with van der Waals surface area (Å²) in [6.45, 7) is 6.84. The molecule has 2 fully saturated rings. The van der Waals surface area contributed by atoms with Crippen LogP contribution in [0.5, 0.6) is 0 Å². The van der Waals surface area contributed by atoms with Gasteiger partial charge in [0.15, 0.2) is 0 Å². The molecular weight excluding hydrogens is 404 g/mol. The van der Waals surface area contributed by atoms with Crippen LogP contribution in [0, 0.1) is 11.3 Å². The summed E-state index contributed by atoms with van der Waals surface area (Å²) in [5.41, 5.74) is 1.07. The predicted molar refractivity (Wildman–Crippen MR) is 119 cm³/mol. The third-order valence-electron chi connectivity index (χ3n) is 6.92. The summed E-state index contributed by atoms with van der Waals surface area (Å²) in [7, 11) is 0. The van der Waals surface area contributed by atoms with Crippen molar-refractivity contribution in [2.45, 2.75) is 58.4 Å². The van der Waals surface area contributed by atoms with E-state index in [0.717, 1.165) is 37.3 Å². The van der Waals surface area contributed by atoms with Crippen LogP contribution in [0.3, 0.4) is 0 Å². The minimum Gasteiger partial charge on any atom is -0.341 e. The molecule has 3 aromatic rings. The molecule has 2 aromatic heterocycles. The summed E-state index contributed by atoms with van der Waals surface area (Å²) in [6, 6.07) is 9.72. The van der Waals surface area contributed by atoms with Gasteiger partial charge in [-0.3, -0.25) is 4.79 Å². The van der Waals surface area contributed by atoms with Crippen LogP contribution in [0.1, 0.15) is 57.2 Å². The van der Waals surface area contributed by atoms with Gasteiger partial charge < -0.3 is 14.0 Å². The van der Waals surface area contributed by atoms with Crippen molar-refractivity contribution >= 4 is 5.91 Å². The second kappa shape index (κ2) is 8.48. The molecule has 0 bridgehead atoms. The number of likely N-dealkylation sites (tertiary alicyclic amines) is 1. The fraction of sp³-hybridized carbons (Fsp3) is 0.542. The summed E-state index contributed by atoms with van der Waals surface area (Å²) in [4.78, 5) is 19.6. The van der Waals surface area contributed by atoms with Crippen molar-refractivity contribution in [3.05, 3.63) is 48.4 Å². The summed E-state index contributed by atoms with van der Waals surface area (Å²) in [5.74, 6) is 3.03. The Balaban J connectivity index is 1.25. The Hall–Kier alpha value is -3.03. The number of hydrogen-bond acceptors (Lipinski definition) is 6. The quantitative estimate of drug-likeness (QED) is 0.563. The largest absolute Gasteiger partial charge is 0.341 e. The Kier molecular flexibility index (Phi) is 5.53. The summed E-state index contributed by atoms with van der Waals surface area (Å²) in [5, 5.41) is 12.7. The molecule has 1 aliphatic heterocycles. The van der Waals surface area contributed by atoms with Crippen LogP contribution < -0.4 is 0 Å². The fourth-order valence-corrected chi connectivity index (χ4v) is 5.15. The number of amides is 1. The number of hydrogen-bond donors (Lipinski definition) is 0. The molecule has 8 nitrogen and oxygen atoms in total. The molecule has 3 heterocycles. The number of aryl methyl sites for hydroxylation is 1. The minimum absolute atomic E-state index is 0.146. The summed E-state index contributed by atoms with van der Waals surface area (Å²) >= 11 is 0. The number of aromatic nitrogens is 5. The van der Waals surface area contributed by atoms with E-state index in [4.69, 9.17) is 4.52 Å². The van der Waals surface area contributed by atoms with E-state index in [1.165, 1.54) is 6.42 Å². The van der Waals surface area contributed by atoms with Crippen LogP contribution in [-0.2, 0) is 17.8 Å². The van der Waals surface area contributed by atoms with Gasteiger partial charge in [0.25, 0.3) is 0 Å². The van der Waals surface area contributed by atoms with E-state index in [1.807, 2.05) is 41.6 Å². The lowest BCUT2D eigenvalue weighted by Crippen LogP contribution is -2.38. The Morgan fingerprint density at radius 1 is 1.25 bits per heavy atom. The van der Waals surface area contributed by atoms with Crippen LogP contribution in [0.15, 0.2) is 41.2 Å². The van der Waals surface area contributed by atoms with Gasteiger partial charge in [0, 0.05) is 44.0 Å². The molecule has 1 aromatic carbocycles. The van der Waals surface area contributed by atoms with Gasteiger partial charge in [-0.05, 0) is 24.2 Å². The Morgan fingerprint density at radius 3 is 2.78 bits per heavy atom. The topological polar surface area (TPSA) is 89.9 Å². The molecule has 1 unspecified atom stereocenters. The smallest absolute Gasteiger partial charge is 0.227 e. The van der Waals surface area contributed by atoms with E-state index in [-0.39, 0.29) is 17.2 Å². The maximum absolute atomic E-state index is 13.1. The molecule has 0 radical (unpaired) electrons. The van der Waals surface area contributed by atoms with Crippen LogP contribution in [0.4, 0.5) is 0 Å². The average molecular weight is 435 g/mol. The molecule has 32 heavy (non-hydrogen) atoms. The van der Waals surface area contributed by atoms with Crippen LogP contribution >= 0.6 is 0 Å². The lowest BCUT2D eigenvalue weighted by molar-refractivity contribution is -0.130. The molecule has 1 spiro atoms. The van der Waals surface area contributed by atoms with Crippen molar-refractivity contribution in [2.24, 2.45) is 11.3 Å². The molecule has 1 atom stereocenters. The van der Waals surface area contributed by atoms with Crippen molar-refractivity contribution < 1.29 is 9.32 Å². The van der Waals surface area contributed by atoms with E-state index in [0.29, 0.717) is 37.0 Å². The zero-order valence-corrected chi connectivity index (χ0v) is 18.8. The van der Waals surface area contributed by atoms with E-state index in [1.54, 1.807) is 0 Å². The first-order valence-electron chi connectivity index (χ1n) is 11.6. The third kappa shape index (κ3) is 3.94. The van der Waals surface area contributed by atoms with Gasteiger partial charge in [0.2, 0.25) is 17.6 Å². The van der Waals surface area contributed by atoms with Crippen LogP contribution in [-0.4, -0.2) is 48.8 Å². The second-order valence-electron chi connectivity index (χ2n) is 9.66. The SMILES string of the molecule is CC(C)Cn1cnnc1C1CN(C(=O)CCc2nc(-c3ccccc3)no2)CC12CCC2. The van der Waals surface area contributed by atoms with Crippen LogP contribution in [0.25, 0.3) is 11.4 Å². The van der Waals surface area contributed by atoms with Crippen LogP contribution in [0.2, 0.25) is 0 Å². The van der Waals surface area contributed by atoms with E-state index in [2.05, 4.69) is 38.8 Å². The molecule has 2 aliphatic rings. The third-order valence-corrected chi connectivity index (χ3v) is 6.92. The van der Waals surface area contributed by atoms with Crippen molar-refractivity contribution in [3.8, 4) is 11.4 Å². The van der Waals surface area contributed by atoms with Crippen molar-refractivity contribution in [1.29, 1.82) is 0 Å². The zero-order chi connectivity index (χ0) is 22.1. The normalized spacial score (nSPS) is 19.6. The van der Waals surface area contributed by atoms with Gasteiger partial charge in [0.1, 0.15) is 12.2 Å². The number of rotatable bonds is 7. The monoisotopic (exact) mass is 434 g/mol. The molecule has 168 valence electrons. The van der Waals surface area contributed by atoms with Gasteiger partial charge in [0.05, 0.1) is 0 Å². The highest BCUT2D eigenvalue weighted by molar-refractivity contribution is 5.77. The first-order chi connectivity index (χ1) is 15.5. The number of carbonyl (C=O) groups is 1. The first-order valence-corrected chi connectivity index (χ1v) is 11.6. The molecule has 1 saturated carbocycles. The Bertz CT molecular complexity index is 1070. The zero-order valence-electron chi connectivity index (χ0n) is 18.8. The van der Waals surface area contributed by atoms with Crippen molar-refractivity contribution in [2.75, 3.05) is 13.1 Å². The maximum atomic E-state index is 13.1. The fourth-order valence-electron chi connectivity index (χ4n) is 5.15. The molecule has 1 aliphatic carbocycles.